The molecule has 0 aliphatic carbocycles. The van der Waals surface area contributed by atoms with Crippen LogP contribution in [0.1, 0.15) is 39.0 Å². The maximum Gasteiger partial charge on any atom is 0.323 e. The van der Waals surface area contributed by atoms with Crippen molar-refractivity contribution in [3.8, 4) is 0 Å². The van der Waals surface area contributed by atoms with Gasteiger partial charge in [0.25, 0.3) is 0 Å². The van der Waals surface area contributed by atoms with Gasteiger partial charge in [0, 0.05) is 0 Å². The Labute approximate surface area is 86.4 Å². The van der Waals surface area contributed by atoms with Crippen LogP contribution in [0.4, 0.5) is 0 Å². The van der Waals surface area contributed by atoms with Crippen LogP contribution >= 0.6 is 0 Å². The van der Waals surface area contributed by atoms with Crippen LogP contribution in [-0.2, 0) is 9.53 Å². The highest BCUT2D eigenvalue weighted by molar-refractivity contribution is 5.75. The number of rotatable bonds is 3. The molecule has 1 heterocycles. The number of carbonyl (C=O) groups is 1. The molecule has 0 bridgehead atoms. The number of carbonyl (C=O) groups excluding carboxylic acids is 1. The molecule has 0 aromatic carbocycles. The summed E-state index contributed by atoms with van der Waals surface area (Å²) >= 11 is 0. The van der Waals surface area contributed by atoms with Crippen molar-refractivity contribution >= 4 is 5.97 Å². The number of methoxy groups -OCH3 is 1. The van der Waals surface area contributed by atoms with Crippen LogP contribution in [0.3, 0.4) is 0 Å². The molecular formula is C11H21NO2. The van der Waals surface area contributed by atoms with Crippen LogP contribution in [0.5, 0.6) is 0 Å². The van der Waals surface area contributed by atoms with Gasteiger partial charge in [-0.2, -0.15) is 0 Å². The lowest BCUT2D eigenvalue weighted by Crippen LogP contribution is -2.42. The molecule has 82 valence electrons. The molecule has 1 aliphatic heterocycles. The molecule has 1 aliphatic rings. The monoisotopic (exact) mass is 199 g/mol. The minimum Gasteiger partial charge on any atom is -0.468 e. The zero-order valence-electron chi connectivity index (χ0n) is 9.29. The topological polar surface area (TPSA) is 29.5 Å². The van der Waals surface area contributed by atoms with E-state index in [9.17, 15) is 4.79 Å². The summed E-state index contributed by atoms with van der Waals surface area (Å²) in [6.45, 7) is 4.15. The van der Waals surface area contributed by atoms with Gasteiger partial charge in [0.2, 0.25) is 0 Å². The van der Waals surface area contributed by atoms with E-state index in [0.717, 1.165) is 19.5 Å². The predicted molar refractivity (Wildman–Crippen MR) is 56.1 cm³/mol. The molecule has 3 heteroatoms. The Morgan fingerprint density at radius 2 is 1.86 bits per heavy atom. The summed E-state index contributed by atoms with van der Waals surface area (Å²) in [5.74, 6) is -0.0746. The zero-order chi connectivity index (χ0) is 10.4. The Balaban J connectivity index is 2.52. The molecule has 1 fully saturated rings. The van der Waals surface area contributed by atoms with Gasteiger partial charge in [-0.1, -0.05) is 19.8 Å². The van der Waals surface area contributed by atoms with E-state index < -0.39 is 0 Å². The minimum absolute atomic E-state index is 0.0156. The highest BCUT2D eigenvalue weighted by atomic mass is 16.5. The van der Waals surface area contributed by atoms with Crippen molar-refractivity contribution in [2.75, 3.05) is 20.2 Å². The van der Waals surface area contributed by atoms with E-state index in [-0.39, 0.29) is 12.0 Å². The molecule has 0 saturated carbocycles. The molecule has 1 saturated heterocycles. The number of ether oxygens (including phenoxy) is 1. The van der Waals surface area contributed by atoms with Gasteiger partial charge in [0.1, 0.15) is 6.04 Å². The van der Waals surface area contributed by atoms with E-state index >= 15 is 0 Å². The normalized spacial score (nSPS) is 21.3. The summed E-state index contributed by atoms with van der Waals surface area (Å²) in [5, 5.41) is 0. The lowest BCUT2D eigenvalue weighted by atomic mass is 10.2. The molecule has 0 radical (unpaired) electrons. The van der Waals surface area contributed by atoms with E-state index in [4.69, 9.17) is 4.74 Å². The quantitative estimate of drug-likeness (QED) is 0.649. The number of esters is 1. The van der Waals surface area contributed by atoms with Crippen molar-refractivity contribution in [3.63, 3.8) is 0 Å². The van der Waals surface area contributed by atoms with Gasteiger partial charge in [-0.05, 0) is 32.4 Å². The molecule has 3 nitrogen and oxygen atoms in total. The van der Waals surface area contributed by atoms with Crippen LogP contribution < -0.4 is 0 Å². The molecule has 0 amide bonds. The standard InChI is InChI=1S/C11H21NO2/c1-3-10(11(13)14-2)12-8-6-4-5-7-9-12/h10H,3-9H2,1-2H3. The summed E-state index contributed by atoms with van der Waals surface area (Å²) in [7, 11) is 1.48. The van der Waals surface area contributed by atoms with Gasteiger partial charge in [0.15, 0.2) is 0 Å². The fourth-order valence-electron chi connectivity index (χ4n) is 2.12. The second-order valence-electron chi connectivity index (χ2n) is 3.90. The molecule has 0 aromatic heterocycles. The fraction of sp³-hybridized carbons (Fsp3) is 0.909. The van der Waals surface area contributed by atoms with Gasteiger partial charge in [-0.15, -0.1) is 0 Å². The summed E-state index contributed by atoms with van der Waals surface area (Å²) in [6, 6.07) is -0.0156. The third-order valence-corrected chi connectivity index (χ3v) is 2.94. The molecule has 1 rings (SSSR count). The van der Waals surface area contributed by atoms with Crippen molar-refractivity contribution in [2.45, 2.75) is 45.1 Å². The largest absolute Gasteiger partial charge is 0.468 e. The van der Waals surface area contributed by atoms with Crippen molar-refractivity contribution in [1.82, 2.24) is 4.90 Å². The molecule has 14 heavy (non-hydrogen) atoms. The molecule has 0 spiro atoms. The van der Waals surface area contributed by atoms with Crippen LogP contribution in [0, 0.1) is 0 Å². The number of hydrogen-bond acceptors (Lipinski definition) is 3. The summed E-state index contributed by atoms with van der Waals surface area (Å²) in [4.78, 5) is 13.8. The first-order valence-electron chi connectivity index (χ1n) is 5.61. The Hall–Kier alpha value is -0.570. The van der Waals surface area contributed by atoms with Crippen molar-refractivity contribution in [1.29, 1.82) is 0 Å². The average Bonchev–Trinajstić information content (AvgIpc) is 2.47. The summed E-state index contributed by atoms with van der Waals surface area (Å²) in [5.41, 5.74) is 0. The van der Waals surface area contributed by atoms with E-state index in [1.54, 1.807) is 0 Å². The van der Waals surface area contributed by atoms with E-state index in [2.05, 4.69) is 4.90 Å². The van der Waals surface area contributed by atoms with Gasteiger partial charge >= 0.3 is 5.97 Å². The first-order valence-corrected chi connectivity index (χ1v) is 5.61. The number of hydrogen-bond donors (Lipinski definition) is 0. The lowest BCUT2D eigenvalue weighted by molar-refractivity contribution is -0.147. The highest BCUT2D eigenvalue weighted by Crippen LogP contribution is 2.15. The number of nitrogens with zero attached hydrogens (tertiary/aromatic N) is 1. The van der Waals surface area contributed by atoms with Crippen LogP contribution in [0.25, 0.3) is 0 Å². The smallest absolute Gasteiger partial charge is 0.323 e. The Morgan fingerprint density at radius 1 is 1.29 bits per heavy atom. The van der Waals surface area contributed by atoms with E-state index in [1.807, 2.05) is 6.92 Å². The maximum absolute atomic E-state index is 11.5. The highest BCUT2D eigenvalue weighted by Gasteiger charge is 2.25. The number of likely N-dealkylation sites (tertiary alicyclic amines) is 1. The fourth-order valence-corrected chi connectivity index (χ4v) is 2.12. The molecule has 1 atom stereocenters. The second-order valence-corrected chi connectivity index (χ2v) is 3.90. The SMILES string of the molecule is CCC(C(=O)OC)N1CCCCCC1. The van der Waals surface area contributed by atoms with Crippen LogP contribution in [0.15, 0.2) is 0 Å². The molecule has 0 N–H and O–H groups in total. The van der Waals surface area contributed by atoms with Gasteiger partial charge in [-0.25, -0.2) is 0 Å². The van der Waals surface area contributed by atoms with Crippen molar-refractivity contribution < 1.29 is 9.53 Å². The zero-order valence-corrected chi connectivity index (χ0v) is 9.29. The Kier molecular flexibility index (Phi) is 4.94. The summed E-state index contributed by atoms with van der Waals surface area (Å²) < 4.78 is 4.82. The van der Waals surface area contributed by atoms with Crippen molar-refractivity contribution in [2.24, 2.45) is 0 Å². The van der Waals surface area contributed by atoms with Gasteiger partial charge in [0.05, 0.1) is 7.11 Å². The van der Waals surface area contributed by atoms with Gasteiger partial charge in [-0.3, -0.25) is 9.69 Å². The first kappa shape index (κ1) is 11.5. The Bertz CT molecular complexity index is 174. The maximum atomic E-state index is 11.5. The second kappa shape index (κ2) is 6.02. The minimum atomic E-state index is -0.0746. The first-order chi connectivity index (χ1) is 6.79. The lowest BCUT2D eigenvalue weighted by Gasteiger charge is -2.27. The third kappa shape index (κ3) is 2.98. The predicted octanol–water partition coefficient (Wildman–Crippen LogP) is 1.81. The summed E-state index contributed by atoms with van der Waals surface area (Å²) in [6.07, 6.45) is 5.88. The molecular weight excluding hydrogens is 178 g/mol. The van der Waals surface area contributed by atoms with E-state index in [1.165, 1.54) is 32.8 Å². The third-order valence-electron chi connectivity index (χ3n) is 2.94. The van der Waals surface area contributed by atoms with E-state index in [0.29, 0.717) is 0 Å². The molecule has 0 aromatic rings. The average molecular weight is 199 g/mol. The van der Waals surface area contributed by atoms with Crippen LogP contribution in [-0.4, -0.2) is 37.1 Å². The Morgan fingerprint density at radius 3 is 2.29 bits per heavy atom. The van der Waals surface area contributed by atoms with Crippen molar-refractivity contribution in [3.05, 3.63) is 0 Å². The molecule has 1 unspecified atom stereocenters. The van der Waals surface area contributed by atoms with Gasteiger partial charge < -0.3 is 4.74 Å². The van der Waals surface area contributed by atoms with Crippen LogP contribution in [0.2, 0.25) is 0 Å².